The molecule has 142 valence electrons. The number of aryl methyl sites for hydroxylation is 2. The molecular formula is C20H24N4OS2. The highest BCUT2D eigenvalue weighted by atomic mass is 32.2. The van der Waals surface area contributed by atoms with Gasteiger partial charge in [0.15, 0.2) is 10.3 Å². The van der Waals surface area contributed by atoms with Crippen LogP contribution in [0.2, 0.25) is 0 Å². The Morgan fingerprint density at radius 2 is 2.15 bits per heavy atom. The quantitative estimate of drug-likeness (QED) is 0.502. The van der Waals surface area contributed by atoms with Gasteiger partial charge < -0.3 is 4.57 Å². The minimum atomic E-state index is -0.0317. The Balaban J connectivity index is 1.79. The normalized spacial score (nSPS) is 11.0. The van der Waals surface area contributed by atoms with Crippen molar-refractivity contribution in [2.45, 2.75) is 51.6 Å². The molecule has 0 N–H and O–H groups in total. The Bertz CT molecular complexity index is 932. The van der Waals surface area contributed by atoms with E-state index in [4.69, 9.17) is 4.98 Å². The molecule has 0 radical (unpaired) electrons. The van der Waals surface area contributed by atoms with Crippen molar-refractivity contribution in [2.75, 3.05) is 4.90 Å². The van der Waals surface area contributed by atoms with Crippen molar-refractivity contribution in [3.63, 3.8) is 0 Å². The lowest BCUT2D eigenvalue weighted by atomic mass is 10.1. The second-order valence-corrected chi connectivity index (χ2v) is 8.17. The Hall–Kier alpha value is -2.12. The first-order valence-corrected chi connectivity index (χ1v) is 10.8. The number of nitrogens with zero attached hydrogens (tertiary/aromatic N) is 4. The summed E-state index contributed by atoms with van der Waals surface area (Å²) in [7, 11) is 0. The Morgan fingerprint density at radius 1 is 1.33 bits per heavy atom. The average Bonchev–Trinajstić information content (AvgIpc) is 3.27. The van der Waals surface area contributed by atoms with E-state index in [1.54, 1.807) is 23.6 Å². The molecular weight excluding hydrogens is 376 g/mol. The molecule has 0 aliphatic rings. The first-order valence-electron chi connectivity index (χ1n) is 8.96. The summed E-state index contributed by atoms with van der Waals surface area (Å²) in [6.45, 7) is 8.80. The van der Waals surface area contributed by atoms with Gasteiger partial charge in [0.05, 0.1) is 11.4 Å². The number of thiazole rings is 1. The first kappa shape index (κ1) is 19.6. The SMILES string of the molecule is CCCn1ccnc1SCc1csc(N(C(C)=O)c2cccc(C)c2C)n1. The van der Waals surface area contributed by atoms with Crippen LogP contribution in [0.1, 0.15) is 37.1 Å². The highest BCUT2D eigenvalue weighted by molar-refractivity contribution is 7.98. The summed E-state index contributed by atoms with van der Waals surface area (Å²) >= 11 is 3.17. The minimum absolute atomic E-state index is 0.0317. The predicted octanol–water partition coefficient (Wildman–Crippen LogP) is 5.34. The Kier molecular flexibility index (Phi) is 6.34. The van der Waals surface area contributed by atoms with Gasteiger partial charge in [0.2, 0.25) is 5.91 Å². The van der Waals surface area contributed by atoms with Crippen LogP contribution in [0, 0.1) is 13.8 Å². The number of carbonyl (C=O) groups excluding carboxylic acids is 1. The van der Waals surface area contributed by atoms with E-state index < -0.39 is 0 Å². The molecule has 27 heavy (non-hydrogen) atoms. The second-order valence-electron chi connectivity index (χ2n) is 6.39. The number of carbonyl (C=O) groups is 1. The summed E-state index contributed by atoms with van der Waals surface area (Å²) in [6.07, 6.45) is 4.92. The number of hydrogen-bond donors (Lipinski definition) is 0. The van der Waals surface area contributed by atoms with E-state index in [0.29, 0.717) is 5.13 Å². The zero-order valence-electron chi connectivity index (χ0n) is 16.1. The Morgan fingerprint density at radius 3 is 2.89 bits per heavy atom. The van der Waals surface area contributed by atoms with E-state index in [1.807, 2.05) is 36.8 Å². The van der Waals surface area contributed by atoms with Crippen LogP contribution in [0.25, 0.3) is 0 Å². The maximum atomic E-state index is 12.4. The molecule has 0 aliphatic heterocycles. The molecule has 2 aromatic heterocycles. The predicted molar refractivity (Wildman–Crippen MR) is 113 cm³/mol. The van der Waals surface area contributed by atoms with Crippen LogP contribution in [0.5, 0.6) is 0 Å². The van der Waals surface area contributed by atoms with Crippen LogP contribution in [-0.4, -0.2) is 20.4 Å². The van der Waals surface area contributed by atoms with Gasteiger partial charge in [-0.2, -0.15) is 0 Å². The Labute approximate surface area is 168 Å². The molecule has 0 fully saturated rings. The molecule has 1 amide bonds. The zero-order chi connectivity index (χ0) is 19.4. The van der Waals surface area contributed by atoms with Crippen molar-refractivity contribution in [3.8, 4) is 0 Å². The molecule has 2 heterocycles. The van der Waals surface area contributed by atoms with Crippen LogP contribution >= 0.6 is 23.1 Å². The summed E-state index contributed by atoms with van der Waals surface area (Å²) < 4.78 is 2.16. The fourth-order valence-electron chi connectivity index (χ4n) is 2.84. The van der Waals surface area contributed by atoms with Gasteiger partial charge in [-0.05, 0) is 37.5 Å². The van der Waals surface area contributed by atoms with E-state index in [-0.39, 0.29) is 5.91 Å². The second kappa shape index (κ2) is 8.71. The number of thioether (sulfide) groups is 1. The molecule has 3 aromatic rings. The minimum Gasteiger partial charge on any atom is -0.326 e. The maximum Gasteiger partial charge on any atom is 0.230 e. The molecule has 5 nitrogen and oxygen atoms in total. The number of hydrogen-bond acceptors (Lipinski definition) is 5. The van der Waals surface area contributed by atoms with Crippen LogP contribution in [0.15, 0.2) is 41.1 Å². The highest BCUT2D eigenvalue weighted by Crippen LogP contribution is 2.33. The van der Waals surface area contributed by atoms with Crippen molar-refractivity contribution >= 4 is 39.8 Å². The molecule has 0 unspecified atom stereocenters. The molecule has 0 spiro atoms. The number of aromatic nitrogens is 3. The van der Waals surface area contributed by atoms with Crippen molar-refractivity contribution < 1.29 is 4.79 Å². The highest BCUT2D eigenvalue weighted by Gasteiger charge is 2.20. The molecule has 0 saturated heterocycles. The van der Waals surface area contributed by atoms with E-state index >= 15 is 0 Å². The van der Waals surface area contributed by atoms with Crippen molar-refractivity contribution in [3.05, 3.63) is 52.8 Å². The summed E-state index contributed by atoms with van der Waals surface area (Å²) in [4.78, 5) is 23.2. The molecule has 0 saturated carbocycles. The molecule has 3 rings (SSSR count). The largest absolute Gasteiger partial charge is 0.326 e. The van der Waals surface area contributed by atoms with Gasteiger partial charge >= 0.3 is 0 Å². The summed E-state index contributed by atoms with van der Waals surface area (Å²) in [5.74, 6) is 0.700. The van der Waals surface area contributed by atoms with Gasteiger partial charge in [-0.25, -0.2) is 9.97 Å². The van der Waals surface area contributed by atoms with E-state index in [2.05, 4.69) is 29.5 Å². The summed E-state index contributed by atoms with van der Waals surface area (Å²) in [5.41, 5.74) is 4.12. The van der Waals surface area contributed by atoms with Crippen molar-refractivity contribution in [1.82, 2.24) is 14.5 Å². The summed E-state index contributed by atoms with van der Waals surface area (Å²) in [6, 6.07) is 6.01. The van der Waals surface area contributed by atoms with Crippen LogP contribution < -0.4 is 4.90 Å². The monoisotopic (exact) mass is 400 g/mol. The zero-order valence-corrected chi connectivity index (χ0v) is 17.7. The van der Waals surface area contributed by atoms with Gasteiger partial charge in [-0.1, -0.05) is 30.8 Å². The van der Waals surface area contributed by atoms with Crippen molar-refractivity contribution in [1.29, 1.82) is 0 Å². The van der Waals surface area contributed by atoms with E-state index in [0.717, 1.165) is 46.4 Å². The third kappa shape index (κ3) is 4.42. The molecule has 7 heteroatoms. The lowest BCUT2D eigenvalue weighted by Gasteiger charge is -2.21. The van der Waals surface area contributed by atoms with Crippen LogP contribution in [0.3, 0.4) is 0 Å². The number of rotatable bonds is 7. The van der Waals surface area contributed by atoms with E-state index in [1.165, 1.54) is 11.3 Å². The van der Waals surface area contributed by atoms with Crippen LogP contribution in [0.4, 0.5) is 10.8 Å². The fraction of sp³-hybridized carbons (Fsp3) is 0.350. The number of benzene rings is 1. The topological polar surface area (TPSA) is 51.0 Å². The number of imidazole rings is 1. The lowest BCUT2D eigenvalue weighted by Crippen LogP contribution is -2.23. The third-order valence-electron chi connectivity index (χ3n) is 4.35. The summed E-state index contributed by atoms with van der Waals surface area (Å²) in [5, 5.41) is 3.74. The van der Waals surface area contributed by atoms with E-state index in [9.17, 15) is 4.79 Å². The van der Waals surface area contributed by atoms with Gasteiger partial charge in [-0.3, -0.25) is 9.69 Å². The van der Waals surface area contributed by atoms with Crippen LogP contribution in [-0.2, 0) is 17.1 Å². The molecule has 1 aromatic carbocycles. The smallest absolute Gasteiger partial charge is 0.230 e. The molecule has 0 aliphatic carbocycles. The standard InChI is InChI=1S/C20H24N4OS2/c1-5-10-23-11-9-21-19(23)26-12-17-13-27-20(22-17)24(16(4)25)18-8-6-7-14(2)15(18)3/h6-9,11,13H,5,10,12H2,1-4H3. The molecule has 0 atom stereocenters. The van der Waals surface area contributed by atoms with Gasteiger partial charge in [0.1, 0.15) is 0 Å². The fourth-order valence-corrected chi connectivity index (χ4v) is 4.70. The number of anilines is 2. The first-order chi connectivity index (χ1) is 13.0. The van der Waals surface area contributed by atoms with Gasteiger partial charge in [-0.15, -0.1) is 11.3 Å². The number of amides is 1. The van der Waals surface area contributed by atoms with Gasteiger partial charge in [0, 0.05) is 37.0 Å². The lowest BCUT2D eigenvalue weighted by molar-refractivity contribution is -0.115. The third-order valence-corrected chi connectivity index (χ3v) is 6.27. The van der Waals surface area contributed by atoms with Crippen molar-refractivity contribution in [2.24, 2.45) is 0 Å². The average molecular weight is 401 g/mol. The maximum absolute atomic E-state index is 12.4. The molecule has 0 bridgehead atoms. The van der Waals surface area contributed by atoms with Gasteiger partial charge in [0.25, 0.3) is 0 Å².